The van der Waals surface area contributed by atoms with E-state index in [1.807, 2.05) is 0 Å². The van der Waals surface area contributed by atoms with E-state index in [9.17, 15) is 0 Å². The Labute approximate surface area is 46.4 Å². The Bertz CT molecular complexity index is 30.6. The van der Waals surface area contributed by atoms with Gasteiger partial charge in [-0.05, 0) is 0 Å². The molecule has 0 radical (unpaired) electrons. The zero-order valence-corrected chi connectivity index (χ0v) is 9.57. The molecule has 0 atom stereocenters. The molecular weight excluding hydrogens is 167 g/mol. The van der Waals surface area contributed by atoms with E-state index in [0.29, 0.717) is 0 Å². The van der Waals surface area contributed by atoms with Crippen molar-refractivity contribution in [1.29, 1.82) is 0 Å². The number of hydrogen-bond donors (Lipinski definition) is 0. The average Bonchev–Trinajstić information content (AvgIpc) is 1.41. The van der Waals surface area contributed by atoms with Gasteiger partial charge in [0.15, 0.2) is 0 Å². The Morgan fingerprint density at radius 1 is 1.80 bits per heavy atom. The van der Waals surface area contributed by atoms with Crippen molar-refractivity contribution in [3.8, 4) is 0 Å². The van der Waals surface area contributed by atoms with Gasteiger partial charge in [-0.1, -0.05) is 0 Å². The maximum atomic E-state index is 2.27. The van der Waals surface area contributed by atoms with Crippen molar-refractivity contribution in [2.45, 2.75) is 13.3 Å². The summed E-state index contributed by atoms with van der Waals surface area (Å²) in [5.41, 5.74) is 0. The van der Waals surface area contributed by atoms with Crippen LogP contribution in [0.5, 0.6) is 0 Å². The Morgan fingerprint density at radius 2 is 2.40 bits per heavy atom. The van der Waals surface area contributed by atoms with Crippen LogP contribution in [0, 0.1) is 0 Å². The molecular formula is C4H10Sn. The molecule has 0 aromatic carbocycles. The van der Waals surface area contributed by atoms with Crippen molar-refractivity contribution >= 4 is 22.5 Å². The van der Waals surface area contributed by atoms with E-state index in [1.165, 1.54) is 6.42 Å². The molecule has 0 amide bonds. The van der Waals surface area contributed by atoms with Crippen LogP contribution in [0.4, 0.5) is 0 Å². The van der Waals surface area contributed by atoms with Gasteiger partial charge in [0, 0.05) is 0 Å². The molecule has 0 N–H and O–H groups in total. The van der Waals surface area contributed by atoms with Crippen molar-refractivity contribution in [3.63, 3.8) is 0 Å². The second kappa shape index (κ2) is 4.54. The third-order valence-corrected chi connectivity index (χ3v) is 1.82. The minimum atomic E-state index is 0.802. The molecule has 0 fully saturated rings. The SMILES string of the molecule is CCC=[CH][SnH3]. The van der Waals surface area contributed by atoms with E-state index in [4.69, 9.17) is 0 Å². The number of allylic oxidation sites excluding steroid dienone is 1. The minimum absolute atomic E-state index is 0.802. The van der Waals surface area contributed by atoms with Crippen molar-refractivity contribution in [1.82, 2.24) is 0 Å². The van der Waals surface area contributed by atoms with E-state index in [2.05, 4.69) is 17.1 Å². The molecule has 0 heterocycles. The first-order chi connectivity index (χ1) is 2.41. The van der Waals surface area contributed by atoms with E-state index in [-0.39, 0.29) is 0 Å². The third kappa shape index (κ3) is 4.54. The standard InChI is InChI=1S/C4H7.Sn.3H/c1-3-4-2;;;;/h1,3H,4H2,2H3;;;;. The van der Waals surface area contributed by atoms with Crippen LogP contribution in [-0.2, 0) is 0 Å². The van der Waals surface area contributed by atoms with Gasteiger partial charge in [-0.2, -0.15) is 0 Å². The van der Waals surface area contributed by atoms with Gasteiger partial charge in [0.25, 0.3) is 0 Å². The maximum absolute atomic E-state index is 2.27. The molecule has 0 saturated carbocycles. The topological polar surface area (TPSA) is 0 Å². The molecule has 0 aromatic heterocycles. The summed E-state index contributed by atoms with van der Waals surface area (Å²) in [4.78, 5) is 0. The summed E-state index contributed by atoms with van der Waals surface area (Å²) in [6, 6.07) is 0. The fraction of sp³-hybridized carbons (Fsp3) is 0.500. The number of rotatable bonds is 1. The van der Waals surface area contributed by atoms with Crippen LogP contribution in [0.25, 0.3) is 0 Å². The predicted molar refractivity (Wildman–Crippen MR) is 29.4 cm³/mol. The molecule has 0 rings (SSSR count). The molecule has 0 aliphatic carbocycles. The first-order valence-corrected chi connectivity index (χ1v) is 5.32. The molecule has 30 valence electrons. The molecule has 0 nitrogen and oxygen atoms in total. The first-order valence-electron chi connectivity index (χ1n) is 2.03. The van der Waals surface area contributed by atoms with Crippen LogP contribution in [-0.4, -0.2) is 22.5 Å². The van der Waals surface area contributed by atoms with E-state index in [0.717, 1.165) is 22.5 Å². The molecule has 0 aromatic rings. The molecule has 5 heavy (non-hydrogen) atoms. The Kier molecular flexibility index (Phi) is 5.03. The van der Waals surface area contributed by atoms with Crippen molar-refractivity contribution in [3.05, 3.63) is 10.2 Å². The monoisotopic (exact) mass is 178 g/mol. The Balaban J connectivity index is 2.62. The average molecular weight is 177 g/mol. The van der Waals surface area contributed by atoms with Crippen LogP contribution >= 0.6 is 0 Å². The summed E-state index contributed by atoms with van der Waals surface area (Å²) >= 11 is 0.802. The fourth-order valence-corrected chi connectivity index (χ4v) is 1.58. The molecule has 0 aliphatic heterocycles. The zero-order valence-electron chi connectivity index (χ0n) is 3.86. The zero-order chi connectivity index (χ0) is 4.12. The third-order valence-electron chi connectivity index (χ3n) is 0.471. The fourth-order valence-electron chi connectivity index (χ4n) is 0.236. The Hall–Kier alpha value is 0.539. The molecule has 1 heteroatoms. The molecule has 0 saturated heterocycles. The van der Waals surface area contributed by atoms with Crippen LogP contribution in [0.2, 0.25) is 0 Å². The van der Waals surface area contributed by atoms with Crippen LogP contribution < -0.4 is 0 Å². The van der Waals surface area contributed by atoms with E-state index in [1.54, 1.807) is 0 Å². The summed E-state index contributed by atoms with van der Waals surface area (Å²) in [7, 11) is 0. The van der Waals surface area contributed by atoms with E-state index < -0.39 is 0 Å². The Morgan fingerprint density at radius 3 is 2.40 bits per heavy atom. The second-order valence-corrected chi connectivity index (χ2v) is 2.88. The molecule has 0 aliphatic rings. The van der Waals surface area contributed by atoms with Gasteiger partial charge >= 0.3 is 46.0 Å². The predicted octanol–water partition coefficient (Wildman–Crippen LogP) is 0.275. The summed E-state index contributed by atoms with van der Waals surface area (Å²) in [6.45, 7) is 2.16. The van der Waals surface area contributed by atoms with Gasteiger partial charge in [-0.3, -0.25) is 0 Å². The van der Waals surface area contributed by atoms with Crippen LogP contribution in [0.1, 0.15) is 13.3 Å². The van der Waals surface area contributed by atoms with Gasteiger partial charge in [0.1, 0.15) is 0 Å². The summed E-state index contributed by atoms with van der Waals surface area (Å²) in [5, 5.41) is 0. The van der Waals surface area contributed by atoms with Gasteiger partial charge in [-0.15, -0.1) is 0 Å². The molecule has 0 bridgehead atoms. The van der Waals surface area contributed by atoms with E-state index >= 15 is 0 Å². The molecule has 0 unspecified atom stereocenters. The second-order valence-electron chi connectivity index (χ2n) is 0.977. The quantitative estimate of drug-likeness (QED) is 0.504. The normalized spacial score (nSPS) is 10.6. The van der Waals surface area contributed by atoms with Crippen molar-refractivity contribution < 1.29 is 0 Å². The van der Waals surface area contributed by atoms with Crippen LogP contribution in [0.3, 0.4) is 0 Å². The van der Waals surface area contributed by atoms with Gasteiger partial charge in [0.2, 0.25) is 0 Å². The van der Waals surface area contributed by atoms with Gasteiger partial charge in [-0.25, -0.2) is 0 Å². The van der Waals surface area contributed by atoms with Gasteiger partial charge < -0.3 is 0 Å². The number of hydrogen-bond acceptors (Lipinski definition) is 0. The first kappa shape index (κ1) is 5.54. The van der Waals surface area contributed by atoms with Gasteiger partial charge in [0.05, 0.1) is 0 Å². The summed E-state index contributed by atoms with van der Waals surface area (Å²) < 4.78 is 2.27. The summed E-state index contributed by atoms with van der Waals surface area (Å²) in [5.74, 6) is 0. The summed E-state index contributed by atoms with van der Waals surface area (Å²) in [6.07, 6.45) is 3.43. The van der Waals surface area contributed by atoms with Crippen LogP contribution in [0.15, 0.2) is 10.2 Å². The van der Waals surface area contributed by atoms with Crippen molar-refractivity contribution in [2.75, 3.05) is 0 Å². The van der Waals surface area contributed by atoms with Crippen molar-refractivity contribution in [2.24, 2.45) is 0 Å². The molecule has 0 spiro atoms.